The van der Waals surface area contributed by atoms with Crippen LogP contribution >= 0.6 is 11.6 Å². The van der Waals surface area contributed by atoms with Gasteiger partial charge >= 0.3 is 0 Å². The third-order valence-electron chi connectivity index (χ3n) is 1.16. The smallest absolute Gasteiger partial charge is 0.0653 e. The Morgan fingerprint density at radius 1 is 1.88 bits per heavy atom. The molecule has 0 saturated carbocycles. The van der Waals surface area contributed by atoms with Gasteiger partial charge in [0.05, 0.1) is 11.7 Å². The van der Waals surface area contributed by atoms with Crippen LogP contribution < -0.4 is 10.6 Å². The van der Waals surface area contributed by atoms with Crippen LogP contribution in [0.15, 0.2) is 11.2 Å². The van der Waals surface area contributed by atoms with Crippen molar-refractivity contribution in [2.24, 2.45) is 0 Å². The maximum absolute atomic E-state index is 5.70. The van der Waals surface area contributed by atoms with Gasteiger partial charge in [-0.15, -0.1) is 0 Å². The first-order chi connectivity index (χ1) is 3.80. The second-order valence-electron chi connectivity index (χ2n) is 1.84. The van der Waals surface area contributed by atoms with E-state index >= 15 is 0 Å². The van der Waals surface area contributed by atoms with Gasteiger partial charge < -0.3 is 5.32 Å². The molecule has 3 heteroatoms. The summed E-state index contributed by atoms with van der Waals surface area (Å²) in [4.78, 5) is 0. The molecule has 1 aliphatic rings. The van der Waals surface area contributed by atoms with Gasteiger partial charge in [0.15, 0.2) is 0 Å². The van der Waals surface area contributed by atoms with Gasteiger partial charge in [0, 0.05) is 12.2 Å². The summed E-state index contributed by atoms with van der Waals surface area (Å²) < 4.78 is 0. The molecule has 0 aromatic rings. The van der Waals surface area contributed by atoms with E-state index in [0.717, 1.165) is 11.7 Å². The first-order valence-corrected chi connectivity index (χ1v) is 3.01. The third-order valence-corrected chi connectivity index (χ3v) is 1.60. The molecule has 0 spiro atoms. The van der Waals surface area contributed by atoms with Gasteiger partial charge in [-0.05, 0) is 6.92 Å². The van der Waals surface area contributed by atoms with Crippen molar-refractivity contribution in [2.45, 2.75) is 13.0 Å². The number of nitrogens with one attached hydrogen (secondary N) is 2. The fourth-order valence-electron chi connectivity index (χ4n) is 0.583. The summed E-state index contributed by atoms with van der Waals surface area (Å²) in [5, 5.41) is 6.92. The van der Waals surface area contributed by atoms with Crippen LogP contribution in [0.5, 0.6) is 0 Å². The number of hydrogen-bond donors (Lipinski definition) is 2. The fraction of sp³-hybridized carbons (Fsp3) is 0.600. The summed E-state index contributed by atoms with van der Waals surface area (Å²) in [6, 6.07) is 0.318. The molecular weight excluding hydrogens is 124 g/mol. The Hall–Kier alpha value is -0.210. The quantitative estimate of drug-likeness (QED) is 0.505. The molecule has 0 amide bonds. The van der Waals surface area contributed by atoms with Gasteiger partial charge in [-0.25, -0.2) is 0 Å². The monoisotopic (exact) mass is 132 g/mol. The van der Waals surface area contributed by atoms with Crippen LogP contribution in [0, 0.1) is 0 Å². The molecule has 2 N–H and O–H groups in total. The average molecular weight is 133 g/mol. The molecule has 0 radical (unpaired) electrons. The maximum Gasteiger partial charge on any atom is 0.0653 e. The van der Waals surface area contributed by atoms with E-state index in [-0.39, 0.29) is 0 Å². The van der Waals surface area contributed by atoms with Gasteiger partial charge in [-0.1, -0.05) is 11.6 Å². The molecule has 1 aliphatic heterocycles. The maximum atomic E-state index is 5.70. The SMILES string of the molecule is C[C@@H]1NCNC=C1Cl. The molecule has 1 rings (SSSR count). The Bertz CT molecular complexity index is 111. The Balaban J connectivity index is 2.53. The van der Waals surface area contributed by atoms with Crippen LogP contribution in [0.2, 0.25) is 0 Å². The number of hydrogen-bond acceptors (Lipinski definition) is 2. The van der Waals surface area contributed by atoms with Crippen LogP contribution in [0.3, 0.4) is 0 Å². The van der Waals surface area contributed by atoms with Gasteiger partial charge in [0.2, 0.25) is 0 Å². The molecule has 0 aromatic heterocycles. The van der Waals surface area contributed by atoms with Crippen molar-refractivity contribution < 1.29 is 0 Å². The normalized spacial score (nSPS) is 28.8. The summed E-state index contributed by atoms with van der Waals surface area (Å²) >= 11 is 5.70. The molecule has 0 unspecified atom stereocenters. The second-order valence-corrected chi connectivity index (χ2v) is 2.27. The molecule has 1 heterocycles. The van der Waals surface area contributed by atoms with Crippen LogP contribution in [-0.2, 0) is 0 Å². The molecule has 8 heavy (non-hydrogen) atoms. The highest BCUT2D eigenvalue weighted by atomic mass is 35.5. The number of halogens is 1. The standard InChI is InChI=1S/C5H9ClN2/c1-4-5(6)2-7-3-8-4/h2,4,7-8H,3H2,1H3/t4-/m0/s1. The van der Waals surface area contributed by atoms with Crippen molar-refractivity contribution in [3.8, 4) is 0 Å². The lowest BCUT2D eigenvalue weighted by Gasteiger charge is -2.18. The van der Waals surface area contributed by atoms with E-state index < -0.39 is 0 Å². The zero-order chi connectivity index (χ0) is 5.98. The Kier molecular flexibility index (Phi) is 1.76. The third kappa shape index (κ3) is 1.14. The molecular formula is C5H9ClN2. The minimum atomic E-state index is 0.318. The van der Waals surface area contributed by atoms with Crippen molar-refractivity contribution in [1.82, 2.24) is 10.6 Å². The highest BCUT2D eigenvalue weighted by molar-refractivity contribution is 6.30. The molecule has 0 aliphatic carbocycles. The van der Waals surface area contributed by atoms with E-state index in [1.165, 1.54) is 0 Å². The highest BCUT2D eigenvalue weighted by Gasteiger charge is 2.07. The molecule has 0 saturated heterocycles. The Morgan fingerprint density at radius 2 is 2.62 bits per heavy atom. The molecule has 0 bridgehead atoms. The minimum absolute atomic E-state index is 0.318. The van der Waals surface area contributed by atoms with Crippen LogP contribution in [0.1, 0.15) is 6.92 Å². The first kappa shape index (κ1) is 5.92. The highest BCUT2D eigenvalue weighted by Crippen LogP contribution is 2.07. The lowest BCUT2D eigenvalue weighted by molar-refractivity contribution is 0.566. The van der Waals surface area contributed by atoms with E-state index in [1.807, 2.05) is 13.1 Å². The van der Waals surface area contributed by atoms with Crippen LogP contribution in [0.4, 0.5) is 0 Å². The zero-order valence-electron chi connectivity index (χ0n) is 4.74. The van der Waals surface area contributed by atoms with Crippen LogP contribution in [-0.4, -0.2) is 12.7 Å². The molecule has 1 atom stereocenters. The summed E-state index contributed by atoms with van der Waals surface area (Å²) in [7, 11) is 0. The second kappa shape index (κ2) is 2.37. The summed E-state index contributed by atoms with van der Waals surface area (Å²) in [5.74, 6) is 0. The Labute approximate surface area is 53.9 Å². The van der Waals surface area contributed by atoms with E-state index in [4.69, 9.17) is 11.6 Å². The van der Waals surface area contributed by atoms with E-state index in [2.05, 4.69) is 10.6 Å². The lowest BCUT2D eigenvalue weighted by atomic mass is 10.3. The summed E-state index contributed by atoms with van der Waals surface area (Å²) in [6.45, 7) is 2.84. The van der Waals surface area contributed by atoms with Crippen molar-refractivity contribution in [2.75, 3.05) is 6.67 Å². The van der Waals surface area contributed by atoms with Crippen molar-refractivity contribution in [3.63, 3.8) is 0 Å². The topological polar surface area (TPSA) is 24.1 Å². The lowest BCUT2D eigenvalue weighted by Crippen LogP contribution is -2.38. The van der Waals surface area contributed by atoms with E-state index in [9.17, 15) is 0 Å². The van der Waals surface area contributed by atoms with Gasteiger partial charge in [-0.2, -0.15) is 0 Å². The molecule has 2 nitrogen and oxygen atoms in total. The Morgan fingerprint density at radius 3 is 3.00 bits per heavy atom. The largest absolute Gasteiger partial charge is 0.377 e. The zero-order valence-corrected chi connectivity index (χ0v) is 5.50. The number of rotatable bonds is 0. The molecule has 0 aromatic carbocycles. The van der Waals surface area contributed by atoms with Crippen molar-refractivity contribution in [3.05, 3.63) is 11.2 Å². The summed E-state index contributed by atoms with van der Waals surface area (Å²) in [6.07, 6.45) is 1.82. The average Bonchev–Trinajstić information content (AvgIpc) is 1.77. The fourth-order valence-corrected chi connectivity index (χ4v) is 0.737. The van der Waals surface area contributed by atoms with Crippen molar-refractivity contribution >= 4 is 11.6 Å². The van der Waals surface area contributed by atoms with Gasteiger partial charge in [0.25, 0.3) is 0 Å². The van der Waals surface area contributed by atoms with Crippen LogP contribution in [0.25, 0.3) is 0 Å². The van der Waals surface area contributed by atoms with E-state index in [0.29, 0.717) is 6.04 Å². The summed E-state index contributed by atoms with van der Waals surface area (Å²) in [5.41, 5.74) is 0. The predicted octanol–water partition coefficient (Wildman–Crippen LogP) is 0.605. The molecule has 46 valence electrons. The van der Waals surface area contributed by atoms with Gasteiger partial charge in [-0.3, -0.25) is 5.32 Å². The van der Waals surface area contributed by atoms with Crippen molar-refractivity contribution in [1.29, 1.82) is 0 Å². The first-order valence-electron chi connectivity index (χ1n) is 2.63. The minimum Gasteiger partial charge on any atom is -0.377 e. The predicted molar refractivity (Wildman–Crippen MR) is 34.5 cm³/mol. The van der Waals surface area contributed by atoms with E-state index in [1.54, 1.807) is 0 Å². The molecule has 0 fully saturated rings. The van der Waals surface area contributed by atoms with Gasteiger partial charge in [0.1, 0.15) is 0 Å².